The van der Waals surface area contributed by atoms with Crippen LogP contribution in [0.2, 0.25) is 10.0 Å². The molecule has 180 valence electrons. The molecule has 3 aromatic rings. The van der Waals surface area contributed by atoms with Crippen molar-refractivity contribution in [2.75, 3.05) is 24.9 Å². The fourth-order valence-electron chi connectivity index (χ4n) is 3.72. The first-order chi connectivity index (χ1) is 16.1. The van der Waals surface area contributed by atoms with Crippen LogP contribution in [0.3, 0.4) is 0 Å². The molecule has 1 amide bonds. The minimum Gasteiger partial charge on any atom is -0.497 e. The number of halogens is 5. The Bertz CT molecular complexity index is 1230. The van der Waals surface area contributed by atoms with Gasteiger partial charge in [0.05, 0.1) is 36.0 Å². The van der Waals surface area contributed by atoms with Crippen LogP contribution in [0, 0.1) is 0 Å². The third kappa shape index (κ3) is 4.74. The zero-order valence-corrected chi connectivity index (χ0v) is 19.4. The molecule has 0 spiro atoms. The first kappa shape index (κ1) is 24.0. The number of carbonyl (C=O) groups excluding carboxylic acids is 1. The number of ether oxygens (including phenoxy) is 2. The number of fused-ring (bicyclic) bond motifs is 1. The van der Waals surface area contributed by atoms with Gasteiger partial charge in [-0.15, -0.1) is 0 Å². The lowest BCUT2D eigenvalue weighted by molar-refractivity contribution is -0.173. The second-order valence-corrected chi connectivity index (χ2v) is 8.36. The van der Waals surface area contributed by atoms with Crippen molar-refractivity contribution in [1.29, 1.82) is 0 Å². The van der Waals surface area contributed by atoms with Crippen molar-refractivity contribution in [3.05, 3.63) is 63.8 Å². The van der Waals surface area contributed by atoms with Gasteiger partial charge in [-0.3, -0.25) is 4.79 Å². The van der Waals surface area contributed by atoms with Gasteiger partial charge in [0.1, 0.15) is 17.3 Å². The standard InChI is InChI=1S/C22H19Cl2F3N4O3/c1-33-12-4-6-15(18(8-12)34-2)29-21(32)17-10-20-28-16(11-3-5-13(23)14(24)7-11)9-19(22(25,26)27)31(20)30-17/h3-8,10,16,19,28H,9H2,1-2H3,(H,29,32)/t16-,19-/m1/s1. The van der Waals surface area contributed by atoms with E-state index in [2.05, 4.69) is 15.7 Å². The molecule has 1 aliphatic heterocycles. The molecule has 0 bridgehead atoms. The number of benzene rings is 2. The van der Waals surface area contributed by atoms with E-state index in [1.54, 1.807) is 24.3 Å². The summed E-state index contributed by atoms with van der Waals surface area (Å²) in [7, 11) is 2.90. The molecule has 1 aliphatic rings. The molecule has 0 saturated carbocycles. The van der Waals surface area contributed by atoms with Crippen molar-refractivity contribution >= 4 is 40.6 Å². The highest BCUT2D eigenvalue weighted by Crippen LogP contribution is 2.44. The highest BCUT2D eigenvalue weighted by molar-refractivity contribution is 6.42. The Balaban J connectivity index is 1.64. The Morgan fingerprint density at radius 3 is 2.53 bits per heavy atom. The molecule has 0 aliphatic carbocycles. The predicted molar refractivity (Wildman–Crippen MR) is 122 cm³/mol. The van der Waals surface area contributed by atoms with Crippen LogP contribution in [0.25, 0.3) is 0 Å². The minimum atomic E-state index is -4.59. The van der Waals surface area contributed by atoms with E-state index in [0.717, 1.165) is 4.68 Å². The van der Waals surface area contributed by atoms with Crippen molar-refractivity contribution < 1.29 is 27.4 Å². The van der Waals surface area contributed by atoms with Crippen molar-refractivity contribution in [1.82, 2.24) is 9.78 Å². The third-order valence-corrected chi connectivity index (χ3v) is 6.16. The summed E-state index contributed by atoms with van der Waals surface area (Å²) in [6, 6.07) is 7.99. The molecule has 2 N–H and O–H groups in total. The maximum absolute atomic E-state index is 13.9. The monoisotopic (exact) mass is 514 g/mol. The summed E-state index contributed by atoms with van der Waals surface area (Å²) >= 11 is 12.0. The Morgan fingerprint density at radius 2 is 1.88 bits per heavy atom. The van der Waals surface area contributed by atoms with Crippen molar-refractivity contribution in [3.63, 3.8) is 0 Å². The van der Waals surface area contributed by atoms with Gasteiger partial charge in [0.15, 0.2) is 11.7 Å². The summed E-state index contributed by atoms with van der Waals surface area (Å²) < 4.78 is 52.9. The number of methoxy groups -OCH3 is 2. The summed E-state index contributed by atoms with van der Waals surface area (Å²) in [4.78, 5) is 12.8. The number of nitrogens with one attached hydrogen (secondary N) is 2. The summed E-state index contributed by atoms with van der Waals surface area (Å²) in [5.41, 5.74) is 0.655. The molecule has 2 heterocycles. The SMILES string of the molecule is COc1ccc(NC(=O)c2cc3n(n2)[C@@H](C(F)(F)F)C[C@H](c2ccc(Cl)c(Cl)c2)N3)c(OC)c1. The number of anilines is 2. The van der Waals surface area contributed by atoms with E-state index in [1.807, 2.05) is 0 Å². The third-order valence-electron chi connectivity index (χ3n) is 5.43. The van der Waals surface area contributed by atoms with Crippen LogP contribution in [-0.4, -0.2) is 36.1 Å². The number of amides is 1. The van der Waals surface area contributed by atoms with E-state index in [1.165, 1.54) is 32.4 Å². The fourth-order valence-corrected chi connectivity index (χ4v) is 4.03. The average molecular weight is 515 g/mol. The smallest absolute Gasteiger partial charge is 0.410 e. The van der Waals surface area contributed by atoms with Gasteiger partial charge >= 0.3 is 6.18 Å². The number of aromatic nitrogens is 2. The zero-order valence-electron chi connectivity index (χ0n) is 17.9. The quantitative estimate of drug-likeness (QED) is 0.428. The van der Waals surface area contributed by atoms with Crippen LogP contribution in [-0.2, 0) is 0 Å². The van der Waals surface area contributed by atoms with E-state index in [9.17, 15) is 18.0 Å². The second kappa shape index (κ2) is 9.27. The molecule has 0 saturated heterocycles. The molecular formula is C22H19Cl2F3N4O3. The number of carbonyl (C=O) groups is 1. The molecule has 0 radical (unpaired) electrons. The van der Waals surface area contributed by atoms with Crippen LogP contribution in [0.15, 0.2) is 42.5 Å². The van der Waals surface area contributed by atoms with Crippen LogP contribution in [0.1, 0.15) is 34.6 Å². The van der Waals surface area contributed by atoms with Gasteiger partial charge in [0.2, 0.25) is 0 Å². The maximum Gasteiger partial charge on any atom is 0.410 e. The first-order valence-corrected chi connectivity index (χ1v) is 10.8. The van der Waals surface area contributed by atoms with E-state index in [-0.39, 0.29) is 23.0 Å². The Hall–Kier alpha value is -3.11. The lowest BCUT2D eigenvalue weighted by atomic mass is 9.97. The Kier molecular flexibility index (Phi) is 6.55. The van der Waals surface area contributed by atoms with Gasteiger partial charge in [-0.1, -0.05) is 29.3 Å². The summed E-state index contributed by atoms with van der Waals surface area (Å²) in [5.74, 6) is 0.191. The molecule has 0 fully saturated rings. The molecule has 7 nitrogen and oxygen atoms in total. The highest BCUT2D eigenvalue weighted by atomic mass is 35.5. The van der Waals surface area contributed by atoms with Crippen molar-refractivity contribution in [2.45, 2.75) is 24.7 Å². The first-order valence-electron chi connectivity index (χ1n) is 10.0. The molecule has 2 atom stereocenters. The lowest BCUT2D eigenvalue weighted by Gasteiger charge is -2.33. The molecule has 1 aromatic heterocycles. The Labute approximate surface area is 202 Å². The number of hydrogen-bond acceptors (Lipinski definition) is 5. The van der Waals surface area contributed by atoms with Gasteiger partial charge in [0, 0.05) is 18.6 Å². The number of hydrogen-bond donors (Lipinski definition) is 2. The fraction of sp³-hybridized carbons (Fsp3) is 0.273. The van der Waals surface area contributed by atoms with Crippen LogP contribution >= 0.6 is 23.2 Å². The Morgan fingerprint density at radius 1 is 1.12 bits per heavy atom. The highest BCUT2D eigenvalue weighted by Gasteiger charge is 2.47. The van der Waals surface area contributed by atoms with Gasteiger partial charge in [-0.2, -0.15) is 18.3 Å². The molecule has 12 heteroatoms. The van der Waals surface area contributed by atoms with Gasteiger partial charge < -0.3 is 20.1 Å². The lowest BCUT2D eigenvalue weighted by Crippen LogP contribution is -2.35. The summed E-state index contributed by atoms with van der Waals surface area (Å²) in [6.45, 7) is 0. The number of alkyl halides is 3. The van der Waals surface area contributed by atoms with Crippen molar-refractivity contribution in [3.8, 4) is 11.5 Å². The summed E-state index contributed by atoms with van der Waals surface area (Å²) in [6.07, 6.45) is -4.94. The largest absolute Gasteiger partial charge is 0.497 e. The zero-order chi connectivity index (χ0) is 24.6. The van der Waals surface area contributed by atoms with E-state index in [4.69, 9.17) is 32.7 Å². The van der Waals surface area contributed by atoms with Gasteiger partial charge in [-0.05, 0) is 29.8 Å². The van der Waals surface area contributed by atoms with Crippen LogP contribution < -0.4 is 20.1 Å². The van der Waals surface area contributed by atoms with Crippen LogP contribution in [0.4, 0.5) is 24.7 Å². The second-order valence-electron chi connectivity index (χ2n) is 7.54. The number of nitrogens with zero attached hydrogens (tertiary/aromatic N) is 2. The molecule has 34 heavy (non-hydrogen) atoms. The normalized spacial score (nSPS) is 17.5. The maximum atomic E-state index is 13.9. The van der Waals surface area contributed by atoms with Gasteiger partial charge in [-0.25, -0.2) is 4.68 Å². The molecule has 4 rings (SSSR count). The molecule has 0 unspecified atom stereocenters. The number of rotatable bonds is 5. The van der Waals surface area contributed by atoms with E-state index in [0.29, 0.717) is 27.8 Å². The molecular weight excluding hydrogens is 496 g/mol. The predicted octanol–water partition coefficient (Wildman–Crippen LogP) is 6.12. The van der Waals surface area contributed by atoms with Crippen LogP contribution in [0.5, 0.6) is 11.5 Å². The van der Waals surface area contributed by atoms with Gasteiger partial charge in [0.25, 0.3) is 5.91 Å². The minimum absolute atomic E-state index is 0.0523. The average Bonchev–Trinajstić information content (AvgIpc) is 3.24. The van der Waals surface area contributed by atoms with E-state index < -0.39 is 24.2 Å². The van der Waals surface area contributed by atoms with E-state index >= 15 is 0 Å². The van der Waals surface area contributed by atoms with Crippen molar-refractivity contribution in [2.24, 2.45) is 0 Å². The molecule has 2 aromatic carbocycles. The topological polar surface area (TPSA) is 77.4 Å². The summed E-state index contributed by atoms with van der Waals surface area (Å²) in [5, 5.41) is 10.1.